The minimum absolute atomic E-state index is 0.219. The summed E-state index contributed by atoms with van der Waals surface area (Å²) < 4.78 is 0. The summed E-state index contributed by atoms with van der Waals surface area (Å²) >= 11 is 0. The maximum Gasteiger partial charge on any atom is 0.0685 e. The van der Waals surface area contributed by atoms with Gasteiger partial charge in [-0.2, -0.15) is 0 Å². The lowest BCUT2D eigenvalue weighted by Gasteiger charge is -2.36. The Morgan fingerprint density at radius 3 is 1.46 bits per heavy atom. The van der Waals surface area contributed by atoms with Gasteiger partial charge in [0.1, 0.15) is 0 Å². The van der Waals surface area contributed by atoms with Crippen LogP contribution in [0.25, 0.3) is 0 Å². The first-order valence-electron chi connectivity index (χ1n) is 20.1. The molecule has 2 aromatic carbocycles. The van der Waals surface area contributed by atoms with Crippen LogP contribution in [-0.4, -0.2) is 12.2 Å². The summed E-state index contributed by atoms with van der Waals surface area (Å²) in [6.45, 7) is 17.5. The molecule has 2 aromatic rings. The molecule has 3 atom stereocenters. The maximum atomic E-state index is 6.95. The lowest BCUT2D eigenvalue weighted by molar-refractivity contribution is 0.206. The molecule has 2 rings (SSSR count). The third-order valence-corrected chi connectivity index (χ3v) is 11.7. The number of nitrogens with two attached hydrogens (primary N) is 3. The van der Waals surface area contributed by atoms with Gasteiger partial charge in [-0.3, -0.25) is 5.32 Å². The van der Waals surface area contributed by atoms with Gasteiger partial charge in [0.15, 0.2) is 0 Å². The highest BCUT2D eigenvalue weighted by Crippen LogP contribution is 2.34. The van der Waals surface area contributed by atoms with Crippen LogP contribution in [0.15, 0.2) is 48.5 Å². The molecular weight excluding hydrogens is 585 g/mol. The minimum atomic E-state index is -0.246. The van der Waals surface area contributed by atoms with Crippen molar-refractivity contribution in [1.82, 2.24) is 5.32 Å². The Balaban J connectivity index is 1.49. The second-order valence-electron chi connectivity index (χ2n) is 16.7. The van der Waals surface area contributed by atoms with Gasteiger partial charge in [0.05, 0.1) is 5.66 Å². The Hall–Kier alpha value is -2.04. The Kier molecular flexibility index (Phi) is 19.2. The van der Waals surface area contributed by atoms with Crippen LogP contribution in [0.2, 0.25) is 0 Å². The molecule has 0 amide bonds. The van der Waals surface area contributed by atoms with Crippen LogP contribution in [0.1, 0.15) is 182 Å². The number of hydrogen-bond donors (Lipinski definition) is 4. The van der Waals surface area contributed by atoms with E-state index in [1.54, 1.807) is 0 Å². The van der Waals surface area contributed by atoms with E-state index in [0.717, 1.165) is 24.3 Å². The molecule has 0 radical (unpaired) electrons. The molecule has 7 N–H and O–H groups in total. The highest BCUT2D eigenvalue weighted by atomic mass is 15.1. The molecule has 0 saturated carbocycles. The van der Waals surface area contributed by atoms with E-state index in [-0.39, 0.29) is 16.5 Å². The quantitative estimate of drug-likeness (QED) is 0.0435. The van der Waals surface area contributed by atoms with Crippen LogP contribution >= 0.6 is 0 Å². The van der Waals surface area contributed by atoms with E-state index < -0.39 is 0 Å². The standard InChI is InChI=1S/C44H78N4/c1-8-43(7,39-26-30-41(46)31-27-39)33-21-17-13-9-11-15-19-23-37(4)35-48-44(47,36(2)3)34-22-18-14-10-12-16-20-32-42(5,6)38-24-28-40(45)29-25-38/h24-31,36-37,48H,8-23,32-35,45-47H2,1-7H3. The molecule has 48 heavy (non-hydrogen) atoms. The zero-order valence-corrected chi connectivity index (χ0v) is 32.6. The van der Waals surface area contributed by atoms with Gasteiger partial charge < -0.3 is 17.2 Å². The average Bonchev–Trinajstić information content (AvgIpc) is 3.06. The van der Waals surface area contributed by atoms with E-state index in [9.17, 15) is 0 Å². The van der Waals surface area contributed by atoms with Gasteiger partial charge in [0.25, 0.3) is 0 Å². The van der Waals surface area contributed by atoms with Gasteiger partial charge in [-0.15, -0.1) is 0 Å². The molecule has 0 aliphatic rings. The average molecular weight is 663 g/mol. The van der Waals surface area contributed by atoms with Crippen molar-refractivity contribution < 1.29 is 0 Å². The molecule has 0 fully saturated rings. The van der Waals surface area contributed by atoms with E-state index in [4.69, 9.17) is 17.2 Å². The molecule has 0 aromatic heterocycles. The lowest BCUT2D eigenvalue weighted by atomic mass is 9.76. The van der Waals surface area contributed by atoms with Crippen molar-refractivity contribution in [3.8, 4) is 0 Å². The summed E-state index contributed by atoms with van der Waals surface area (Å²) in [6.07, 6.45) is 24.7. The van der Waals surface area contributed by atoms with Gasteiger partial charge in [-0.25, -0.2) is 0 Å². The predicted octanol–water partition coefficient (Wildman–Crippen LogP) is 12.1. The number of hydrogen-bond acceptors (Lipinski definition) is 4. The number of anilines is 2. The third kappa shape index (κ3) is 15.7. The fraction of sp³-hybridized carbons (Fsp3) is 0.727. The highest BCUT2D eigenvalue weighted by Gasteiger charge is 2.28. The molecule has 0 aliphatic carbocycles. The summed E-state index contributed by atoms with van der Waals surface area (Å²) in [5, 5.41) is 3.82. The Morgan fingerprint density at radius 1 is 0.562 bits per heavy atom. The minimum Gasteiger partial charge on any atom is -0.399 e. The Bertz CT molecular complexity index is 1090. The lowest BCUT2D eigenvalue weighted by Crippen LogP contribution is -2.58. The largest absolute Gasteiger partial charge is 0.399 e. The van der Waals surface area contributed by atoms with Crippen LogP contribution in [0.3, 0.4) is 0 Å². The first kappa shape index (κ1) is 42.1. The second kappa shape index (κ2) is 21.9. The van der Waals surface area contributed by atoms with Gasteiger partial charge in [0, 0.05) is 11.4 Å². The van der Waals surface area contributed by atoms with Crippen LogP contribution in [0, 0.1) is 11.8 Å². The molecule has 0 aliphatic heterocycles. The maximum absolute atomic E-state index is 6.95. The summed E-state index contributed by atoms with van der Waals surface area (Å²) in [7, 11) is 0. The van der Waals surface area contributed by atoms with Gasteiger partial charge in [0.2, 0.25) is 0 Å². The topological polar surface area (TPSA) is 90.1 Å². The highest BCUT2D eigenvalue weighted by molar-refractivity contribution is 5.42. The molecule has 3 unspecified atom stereocenters. The summed E-state index contributed by atoms with van der Waals surface area (Å²) in [5.41, 5.74) is 23.5. The van der Waals surface area contributed by atoms with E-state index in [1.165, 1.54) is 127 Å². The number of nitrogen functional groups attached to an aromatic ring is 2. The van der Waals surface area contributed by atoms with E-state index >= 15 is 0 Å². The van der Waals surface area contributed by atoms with E-state index in [2.05, 4.69) is 90.2 Å². The smallest absolute Gasteiger partial charge is 0.0685 e. The number of unbranched alkanes of at least 4 members (excludes halogenated alkanes) is 12. The number of benzene rings is 2. The molecule has 0 bridgehead atoms. The zero-order valence-electron chi connectivity index (χ0n) is 32.6. The molecule has 274 valence electrons. The summed E-state index contributed by atoms with van der Waals surface area (Å²) in [6, 6.07) is 17.0. The van der Waals surface area contributed by atoms with Crippen molar-refractivity contribution in [1.29, 1.82) is 0 Å². The molecule has 4 nitrogen and oxygen atoms in total. The van der Waals surface area contributed by atoms with Gasteiger partial charge >= 0.3 is 0 Å². The van der Waals surface area contributed by atoms with Crippen molar-refractivity contribution in [2.24, 2.45) is 17.6 Å². The Morgan fingerprint density at radius 2 is 0.979 bits per heavy atom. The van der Waals surface area contributed by atoms with Gasteiger partial charge in [-0.1, -0.05) is 163 Å². The molecular formula is C44H78N4. The fourth-order valence-electron chi connectivity index (χ4n) is 7.30. The van der Waals surface area contributed by atoms with Gasteiger partial charge in [-0.05, 0) is 96.7 Å². The van der Waals surface area contributed by atoms with Crippen molar-refractivity contribution in [3.63, 3.8) is 0 Å². The number of nitrogens with one attached hydrogen (secondary N) is 1. The molecule has 4 heteroatoms. The molecule has 0 spiro atoms. The van der Waals surface area contributed by atoms with Crippen LogP contribution in [0.5, 0.6) is 0 Å². The van der Waals surface area contributed by atoms with E-state index in [1.807, 2.05) is 12.1 Å². The van der Waals surface area contributed by atoms with Crippen molar-refractivity contribution in [2.75, 3.05) is 18.0 Å². The summed E-state index contributed by atoms with van der Waals surface area (Å²) in [5.74, 6) is 1.12. The predicted molar refractivity (Wildman–Crippen MR) is 214 cm³/mol. The fourth-order valence-corrected chi connectivity index (χ4v) is 7.30. The molecule has 0 saturated heterocycles. The molecule has 0 heterocycles. The SMILES string of the molecule is CCC(C)(CCCCCCCCCC(C)CNC(N)(CCCCCCCCCC(C)(C)c1ccc(N)cc1)C(C)C)c1ccc(N)cc1. The monoisotopic (exact) mass is 663 g/mol. The normalized spacial score (nSPS) is 15.4. The third-order valence-electron chi connectivity index (χ3n) is 11.7. The summed E-state index contributed by atoms with van der Waals surface area (Å²) in [4.78, 5) is 0. The van der Waals surface area contributed by atoms with Crippen LogP contribution in [0.4, 0.5) is 11.4 Å². The van der Waals surface area contributed by atoms with Crippen molar-refractivity contribution in [3.05, 3.63) is 59.7 Å². The van der Waals surface area contributed by atoms with Crippen molar-refractivity contribution in [2.45, 2.75) is 187 Å². The van der Waals surface area contributed by atoms with Crippen LogP contribution in [-0.2, 0) is 10.8 Å². The number of rotatable bonds is 27. The van der Waals surface area contributed by atoms with E-state index in [0.29, 0.717) is 11.8 Å². The first-order chi connectivity index (χ1) is 22.8. The van der Waals surface area contributed by atoms with Crippen molar-refractivity contribution >= 4 is 11.4 Å². The van der Waals surface area contributed by atoms with Crippen LogP contribution < -0.4 is 22.5 Å². The first-order valence-corrected chi connectivity index (χ1v) is 20.1. The Labute approximate surface area is 298 Å². The second-order valence-corrected chi connectivity index (χ2v) is 16.7. The zero-order chi connectivity index (χ0) is 35.5.